The van der Waals surface area contributed by atoms with E-state index in [1.807, 2.05) is 61.5 Å². The molecular weight excluding hydrogens is 360 g/mol. The summed E-state index contributed by atoms with van der Waals surface area (Å²) in [6.07, 6.45) is 0. The van der Waals surface area contributed by atoms with Gasteiger partial charge in [-0.3, -0.25) is 4.79 Å². The summed E-state index contributed by atoms with van der Waals surface area (Å²) in [7, 11) is 0. The van der Waals surface area contributed by atoms with Crippen molar-refractivity contribution >= 4 is 11.6 Å². The Morgan fingerprint density at radius 2 is 1.52 bits per heavy atom. The van der Waals surface area contributed by atoms with Gasteiger partial charge in [0, 0.05) is 0 Å². The molecule has 1 N–H and O–H groups in total. The number of hydrogen-bond acceptors (Lipinski definition) is 3. The minimum absolute atomic E-state index is 0.0759. The normalized spacial score (nSPS) is 11.4. The molecule has 0 aliphatic carbocycles. The van der Waals surface area contributed by atoms with E-state index in [-0.39, 0.29) is 12.5 Å². The molecule has 0 spiro atoms. The second-order valence-corrected chi connectivity index (χ2v) is 7.16. The molecule has 0 aliphatic rings. The Balaban J connectivity index is 1.57. The van der Waals surface area contributed by atoms with Crippen molar-refractivity contribution in [3.63, 3.8) is 0 Å². The summed E-state index contributed by atoms with van der Waals surface area (Å²) < 4.78 is 5.68. The molecule has 3 aromatic carbocycles. The van der Waals surface area contributed by atoms with Gasteiger partial charge in [0.2, 0.25) is 0 Å². The molecule has 3 rings (SSSR count). The summed E-state index contributed by atoms with van der Waals surface area (Å²) >= 11 is 0. The number of benzene rings is 3. The Bertz CT molecular complexity index is 977. The van der Waals surface area contributed by atoms with E-state index < -0.39 is 0 Å². The summed E-state index contributed by atoms with van der Waals surface area (Å²) in [6, 6.07) is 26.1. The standard InChI is InChI=1S/C25H26N2O2/c1-18(2)23-11-7-8-12-24(23)29-17-25(28)27-26-19(3)20-13-15-22(16-14-20)21-9-5-4-6-10-21/h4-16,18H,17H2,1-3H3,(H,27,28)/b26-19+. The predicted octanol–water partition coefficient (Wildman–Crippen LogP) is 5.40. The lowest BCUT2D eigenvalue weighted by molar-refractivity contribution is -0.123. The minimum atomic E-state index is -0.288. The smallest absolute Gasteiger partial charge is 0.277 e. The molecule has 0 bridgehead atoms. The lowest BCUT2D eigenvalue weighted by Gasteiger charge is -2.13. The first kappa shape index (κ1) is 20.3. The fourth-order valence-electron chi connectivity index (χ4n) is 3.01. The summed E-state index contributed by atoms with van der Waals surface area (Å²) in [5.74, 6) is 0.770. The molecule has 1 amide bonds. The van der Waals surface area contributed by atoms with Crippen LogP contribution in [-0.4, -0.2) is 18.2 Å². The second kappa shape index (κ2) is 9.69. The summed E-state index contributed by atoms with van der Waals surface area (Å²) in [4.78, 5) is 12.1. The first-order valence-corrected chi connectivity index (χ1v) is 9.75. The zero-order valence-corrected chi connectivity index (χ0v) is 17.1. The highest BCUT2D eigenvalue weighted by molar-refractivity contribution is 5.99. The zero-order chi connectivity index (χ0) is 20.6. The molecule has 0 aliphatic heterocycles. The van der Waals surface area contributed by atoms with E-state index in [0.717, 1.165) is 28.2 Å². The van der Waals surface area contributed by atoms with Crippen LogP contribution in [-0.2, 0) is 4.79 Å². The van der Waals surface area contributed by atoms with E-state index in [0.29, 0.717) is 5.92 Å². The number of nitrogens with zero attached hydrogens (tertiary/aromatic N) is 1. The van der Waals surface area contributed by atoms with E-state index in [1.165, 1.54) is 5.56 Å². The van der Waals surface area contributed by atoms with Gasteiger partial charge in [0.25, 0.3) is 5.91 Å². The average molecular weight is 386 g/mol. The lowest BCUT2D eigenvalue weighted by Crippen LogP contribution is -2.25. The molecule has 0 saturated heterocycles. The molecule has 4 nitrogen and oxygen atoms in total. The summed E-state index contributed by atoms with van der Waals surface area (Å²) in [5, 5.41) is 4.20. The first-order chi connectivity index (χ1) is 14.0. The van der Waals surface area contributed by atoms with Gasteiger partial charge in [-0.1, -0.05) is 86.6 Å². The Morgan fingerprint density at radius 1 is 0.897 bits per heavy atom. The Morgan fingerprint density at radius 3 is 2.21 bits per heavy atom. The van der Waals surface area contributed by atoms with Crippen molar-refractivity contribution in [1.82, 2.24) is 5.43 Å². The second-order valence-electron chi connectivity index (χ2n) is 7.16. The number of nitrogens with one attached hydrogen (secondary N) is 1. The zero-order valence-electron chi connectivity index (χ0n) is 17.1. The molecule has 0 saturated carbocycles. The van der Waals surface area contributed by atoms with Crippen LogP contribution in [0, 0.1) is 0 Å². The average Bonchev–Trinajstić information content (AvgIpc) is 2.77. The highest BCUT2D eigenvalue weighted by Crippen LogP contribution is 2.25. The molecule has 148 valence electrons. The SMILES string of the molecule is C/C(=N\NC(=O)COc1ccccc1C(C)C)c1ccc(-c2ccccc2)cc1. The minimum Gasteiger partial charge on any atom is -0.483 e. The van der Waals surface area contributed by atoms with Crippen LogP contribution >= 0.6 is 0 Å². The Kier molecular flexibility index (Phi) is 6.80. The maximum atomic E-state index is 12.1. The number of ether oxygens (including phenoxy) is 1. The van der Waals surface area contributed by atoms with Crippen molar-refractivity contribution in [2.75, 3.05) is 6.61 Å². The number of carbonyl (C=O) groups excluding carboxylic acids is 1. The van der Waals surface area contributed by atoms with Gasteiger partial charge in [-0.25, -0.2) is 5.43 Å². The maximum Gasteiger partial charge on any atom is 0.277 e. The van der Waals surface area contributed by atoms with Crippen LogP contribution in [0.5, 0.6) is 5.75 Å². The molecule has 0 fully saturated rings. The number of carbonyl (C=O) groups is 1. The van der Waals surface area contributed by atoms with Gasteiger partial charge < -0.3 is 4.74 Å². The topological polar surface area (TPSA) is 50.7 Å². The van der Waals surface area contributed by atoms with Crippen molar-refractivity contribution in [1.29, 1.82) is 0 Å². The van der Waals surface area contributed by atoms with Crippen molar-refractivity contribution in [3.05, 3.63) is 90.0 Å². The van der Waals surface area contributed by atoms with Crippen LogP contribution in [0.3, 0.4) is 0 Å². The Labute approximate surface area is 172 Å². The molecule has 4 heteroatoms. The first-order valence-electron chi connectivity index (χ1n) is 9.75. The van der Waals surface area contributed by atoms with E-state index in [9.17, 15) is 4.79 Å². The molecule has 0 aromatic heterocycles. The molecule has 0 unspecified atom stereocenters. The fourth-order valence-corrected chi connectivity index (χ4v) is 3.01. The molecule has 0 radical (unpaired) electrons. The van der Waals surface area contributed by atoms with Crippen LogP contribution in [0.2, 0.25) is 0 Å². The maximum absolute atomic E-state index is 12.1. The number of hydrazone groups is 1. The van der Waals surface area contributed by atoms with Crippen molar-refractivity contribution in [2.45, 2.75) is 26.7 Å². The highest BCUT2D eigenvalue weighted by Gasteiger charge is 2.09. The van der Waals surface area contributed by atoms with Crippen LogP contribution < -0.4 is 10.2 Å². The van der Waals surface area contributed by atoms with Crippen molar-refractivity contribution < 1.29 is 9.53 Å². The summed E-state index contributed by atoms with van der Waals surface area (Å²) in [6.45, 7) is 5.98. The van der Waals surface area contributed by atoms with E-state index >= 15 is 0 Å². The van der Waals surface area contributed by atoms with Gasteiger partial charge in [-0.15, -0.1) is 0 Å². The van der Waals surface area contributed by atoms with Gasteiger partial charge in [-0.2, -0.15) is 5.10 Å². The van der Waals surface area contributed by atoms with E-state index in [2.05, 4.69) is 48.6 Å². The van der Waals surface area contributed by atoms with Gasteiger partial charge in [0.05, 0.1) is 5.71 Å². The van der Waals surface area contributed by atoms with Crippen LogP contribution in [0.1, 0.15) is 37.8 Å². The van der Waals surface area contributed by atoms with Gasteiger partial charge in [0.15, 0.2) is 6.61 Å². The number of rotatable bonds is 7. The lowest BCUT2D eigenvalue weighted by atomic mass is 10.0. The van der Waals surface area contributed by atoms with Crippen LogP contribution in [0.4, 0.5) is 0 Å². The van der Waals surface area contributed by atoms with Crippen LogP contribution in [0.25, 0.3) is 11.1 Å². The quantitative estimate of drug-likeness (QED) is 0.437. The molecule has 29 heavy (non-hydrogen) atoms. The van der Waals surface area contributed by atoms with E-state index in [4.69, 9.17) is 4.74 Å². The Hall–Kier alpha value is -3.40. The van der Waals surface area contributed by atoms with Crippen LogP contribution in [0.15, 0.2) is 84.0 Å². The summed E-state index contributed by atoms with van der Waals surface area (Å²) in [5.41, 5.74) is 7.65. The third-order valence-electron chi connectivity index (χ3n) is 4.66. The monoisotopic (exact) mass is 386 g/mol. The van der Waals surface area contributed by atoms with Gasteiger partial charge >= 0.3 is 0 Å². The third kappa shape index (κ3) is 5.55. The highest BCUT2D eigenvalue weighted by atomic mass is 16.5. The molecule has 0 heterocycles. The van der Waals surface area contributed by atoms with Crippen molar-refractivity contribution in [2.24, 2.45) is 5.10 Å². The number of hydrogen-bond donors (Lipinski definition) is 1. The van der Waals surface area contributed by atoms with E-state index in [1.54, 1.807) is 0 Å². The number of amides is 1. The fraction of sp³-hybridized carbons (Fsp3) is 0.200. The largest absolute Gasteiger partial charge is 0.483 e. The molecule has 0 atom stereocenters. The van der Waals surface area contributed by atoms with Gasteiger partial charge in [0.1, 0.15) is 5.75 Å². The van der Waals surface area contributed by atoms with Crippen molar-refractivity contribution in [3.8, 4) is 16.9 Å². The molecule has 3 aromatic rings. The van der Waals surface area contributed by atoms with Gasteiger partial charge in [-0.05, 0) is 41.2 Å². The predicted molar refractivity (Wildman–Crippen MR) is 118 cm³/mol. The number of para-hydroxylation sites is 1. The third-order valence-corrected chi connectivity index (χ3v) is 4.66. The molecular formula is C25H26N2O2.